The van der Waals surface area contributed by atoms with Crippen LogP contribution in [0.1, 0.15) is 11.5 Å². The minimum absolute atomic E-state index is 0.296. The summed E-state index contributed by atoms with van der Waals surface area (Å²) in [6.07, 6.45) is 0.720. The molecule has 0 spiro atoms. The van der Waals surface area contributed by atoms with E-state index in [2.05, 4.69) is 15.9 Å². The highest BCUT2D eigenvalue weighted by Crippen LogP contribution is 2.34. The Morgan fingerprint density at radius 1 is 1.21 bits per heavy atom. The molecule has 2 aromatic rings. The Morgan fingerprint density at radius 3 is 3.00 bits per heavy atom. The summed E-state index contributed by atoms with van der Waals surface area (Å²) in [7, 11) is 0. The van der Waals surface area contributed by atoms with Crippen LogP contribution in [0.2, 0.25) is 0 Å². The van der Waals surface area contributed by atoms with Crippen LogP contribution in [0.25, 0.3) is 0 Å². The average Bonchev–Trinajstić information content (AvgIpc) is 3.04. The van der Waals surface area contributed by atoms with Crippen LogP contribution in [-0.2, 0) is 12.2 Å². The lowest BCUT2D eigenvalue weighted by molar-refractivity contribution is -0.367. The summed E-state index contributed by atoms with van der Waals surface area (Å²) in [5.74, 6) is 2.98. The Labute approximate surface area is 114 Å². The molecule has 1 aromatic heterocycles. The molecule has 0 amide bonds. The first-order chi connectivity index (χ1) is 9.35. The van der Waals surface area contributed by atoms with Gasteiger partial charge in [-0.05, 0) is 17.7 Å². The van der Waals surface area contributed by atoms with Gasteiger partial charge >= 0.3 is 0 Å². The molecule has 0 saturated carbocycles. The van der Waals surface area contributed by atoms with E-state index in [-0.39, 0.29) is 0 Å². The molecule has 0 saturated heterocycles. The van der Waals surface area contributed by atoms with Gasteiger partial charge in [0.1, 0.15) is 0 Å². The van der Waals surface area contributed by atoms with Crippen LogP contribution < -0.4 is 15.2 Å². The summed E-state index contributed by atoms with van der Waals surface area (Å²) in [5.41, 5.74) is 4.89. The molecule has 0 aliphatic carbocycles. The summed E-state index contributed by atoms with van der Waals surface area (Å²) >= 11 is 1.51. The molecule has 1 aromatic carbocycles. The molecule has 1 aliphatic heterocycles. The lowest BCUT2D eigenvalue weighted by Gasteiger charge is -2.00. The Morgan fingerprint density at radius 2 is 2.11 bits per heavy atom. The molecule has 2 heterocycles. The molecule has 0 bridgehead atoms. The number of hydrogen-bond acceptors (Lipinski definition) is 6. The lowest BCUT2D eigenvalue weighted by Crippen LogP contribution is -2.51. The van der Waals surface area contributed by atoms with E-state index in [9.17, 15) is 0 Å². The average molecular weight is 280 g/mol. The van der Waals surface area contributed by atoms with Gasteiger partial charge in [-0.25, -0.2) is 0 Å². The fraction of sp³-hybridized carbons (Fsp3) is 0.333. The van der Waals surface area contributed by atoms with Crippen molar-refractivity contribution in [2.75, 3.05) is 13.3 Å². The van der Waals surface area contributed by atoms with Gasteiger partial charge in [-0.1, -0.05) is 17.8 Å². The topological polar surface area (TPSA) is 85.0 Å². The lowest BCUT2D eigenvalue weighted by atomic mass is 10.2. The van der Waals surface area contributed by atoms with Gasteiger partial charge in [0.05, 0.1) is 13.0 Å². The summed E-state index contributed by atoms with van der Waals surface area (Å²) in [5, 5.41) is 8.52. The molecule has 0 radical (unpaired) electrons. The first kappa shape index (κ1) is 12.3. The minimum atomic E-state index is 0.296. The van der Waals surface area contributed by atoms with Crippen LogP contribution in [0.3, 0.4) is 0 Å². The maximum absolute atomic E-state index is 5.48. The van der Waals surface area contributed by atoms with Gasteiger partial charge in [0, 0.05) is 5.75 Å². The van der Waals surface area contributed by atoms with Gasteiger partial charge in [-0.2, -0.15) is 0 Å². The van der Waals surface area contributed by atoms with Crippen molar-refractivity contribution in [3.63, 3.8) is 0 Å². The van der Waals surface area contributed by atoms with Gasteiger partial charge in [-0.3, -0.25) is 0 Å². The monoisotopic (exact) mass is 280 g/mol. The van der Waals surface area contributed by atoms with Gasteiger partial charge in [0.15, 0.2) is 11.5 Å². The van der Waals surface area contributed by atoms with E-state index in [0.717, 1.165) is 35.8 Å². The van der Waals surface area contributed by atoms with E-state index in [0.29, 0.717) is 17.9 Å². The molecule has 6 nitrogen and oxygen atoms in total. The van der Waals surface area contributed by atoms with E-state index >= 15 is 0 Å². The van der Waals surface area contributed by atoms with Crippen LogP contribution in [-0.4, -0.2) is 23.5 Å². The Balaban J connectivity index is 1.62. The second-order valence-corrected chi connectivity index (χ2v) is 4.97. The maximum atomic E-state index is 5.48. The molecule has 100 valence electrons. The predicted octanol–water partition coefficient (Wildman–Crippen LogP) is 0.875. The van der Waals surface area contributed by atoms with Gasteiger partial charge < -0.3 is 19.6 Å². The first-order valence-corrected chi connectivity index (χ1v) is 6.96. The smallest absolute Gasteiger partial charge is 0.276 e. The van der Waals surface area contributed by atoms with Crippen molar-refractivity contribution in [3.05, 3.63) is 29.7 Å². The number of benzene rings is 1. The fourth-order valence-corrected chi connectivity index (χ4v) is 2.45. The number of hydrogen-bond donors (Lipinski definition) is 1. The summed E-state index contributed by atoms with van der Waals surface area (Å²) in [4.78, 5) is 0. The number of fused-ring (bicyclic) bond motifs is 1. The van der Waals surface area contributed by atoms with Crippen molar-refractivity contribution >= 4 is 11.8 Å². The third-order valence-corrected chi connectivity index (χ3v) is 3.53. The molecule has 1 aliphatic rings. The van der Waals surface area contributed by atoms with Crippen molar-refractivity contribution < 1.29 is 19.6 Å². The summed E-state index contributed by atoms with van der Waals surface area (Å²) < 4.78 is 16.1. The number of thioether (sulfide) groups is 1. The maximum Gasteiger partial charge on any atom is 0.276 e. The van der Waals surface area contributed by atoms with Crippen LogP contribution in [0, 0.1) is 0 Å². The normalized spacial score (nSPS) is 12.9. The first-order valence-electron chi connectivity index (χ1n) is 5.98. The van der Waals surface area contributed by atoms with E-state index in [1.807, 2.05) is 18.2 Å². The van der Waals surface area contributed by atoms with Crippen LogP contribution in [0.5, 0.6) is 11.5 Å². The molecule has 0 unspecified atom stereocenters. The van der Waals surface area contributed by atoms with E-state index in [4.69, 9.17) is 13.9 Å². The standard InChI is InChI=1S/C12H13N3O3S/c13-4-3-11-14-15-12(18-11)19-6-8-1-2-9-10(5-8)17-7-16-9/h1-2,5H,3-4,6-7,13H2/p+1. The molecule has 7 heteroatoms. The molecule has 3 rings (SSSR count). The predicted molar refractivity (Wildman–Crippen MR) is 67.9 cm³/mol. The van der Waals surface area contributed by atoms with Crippen molar-refractivity contribution in [1.29, 1.82) is 0 Å². The zero-order chi connectivity index (χ0) is 13.1. The molecule has 0 fully saturated rings. The quantitative estimate of drug-likeness (QED) is 0.818. The Kier molecular flexibility index (Phi) is 3.56. The Hall–Kier alpha value is -1.73. The highest BCUT2D eigenvalue weighted by molar-refractivity contribution is 7.98. The van der Waals surface area contributed by atoms with E-state index in [1.54, 1.807) is 0 Å². The van der Waals surface area contributed by atoms with E-state index in [1.165, 1.54) is 11.8 Å². The number of quaternary nitrogens is 1. The zero-order valence-corrected chi connectivity index (χ0v) is 11.1. The van der Waals surface area contributed by atoms with Crippen molar-refractivity contribution in [2.45, 2.75) is 17.4 Å². The van der Waals surface area contributed by atoms with Crippen molar-refractivity contribution in [1.82, 2.24) is 10.2 Å². The number of aromatic nitrogens is 2. The second kappa shape index (κ2) is 5.50. The molecule has 19 heavy (non-hydrogen) atoms. The van der Waals surface area contributed by atoms with Gasteiger partial charge in [0.2, 0.25) is 12.7 Å². The van der Waals surface area contributed by atoms with Crippen LogP contribution >= 0.6 is 11.8 Å². The largest absolute Gasteiger partial charge is 0.454 e. The molecule has 3 N–H and O–H groups in total. The molecular formula is C12H14N3O3S+. The zero-order valence-electron chi connectivity index (χ0n) is 10.3. The van der Waals surface area contributed by atoms with Crippen molar-refractivity contribution in [3.8, 4) is 11.5 Å². The third-order valence-electron chi connectivity index (χ3n) is 2.64. The number of ether oxygens (including phenoxy) is 2. The summed E-state index contributed by atoms with van der Waals surface area (Å²) in [6.45, 7) is 1.05. The van der Waals surface area contributed by atoms with E-state index < -0.39 is 0 Å². The Bertz CT molecular complexity index is 573. The third kappa shape index (κ3) is 2.82. The molecule has 0 atom stereocenters. The number of nitrogens with zero attached hydrogens (tertiary/aromatic N) is 2. The van der Waals surface area contributed by atoms with Crippen LogP contribution in [0.4, 0.5) is 0 Å². The second-order valence-electron chi connectivity index (χ2n) is 4.04. The highest BCUT2D eigenvalue weighted by Gasteiger charge is 2.14. The fourth-order valence-electron chi connectivity index (χ4n) is 1.72. The van der Waals surface area contributed by atoms with Gasteiger partial charge in [0.25, 0.3) is 5.22 Å². The SMILES string of the molecule is [NH3+]CCc1nnc(SCc2ccc3c(c2)OCO3)o1. The summed E-state index contributed by atoms with van der Waals surface area (Å²) in [6, 6.07) is 5.90. The van der Waals surface area contributed by atoms with Gasteiger partial charge in [-0.15, -0.1) is 10.2 Å². The van der Waals surface area contributed by atoms with Crippen LogP contribution in [0.15, 0.2) is 27.8 Å². The minimum Gasteiger partial charge on any atom is -0.454 e. The number of rotatable bonds is 5. The van der Waals surface area contributed by atoms with Crippen molar-refractivity contribution in [2.24, 2.45) is 0 Å². The molecular weight excluding hydrogens is 266 g/mol. The highest BCUT2D eigenvalue weighted by atomic mass is 32.2.